The molecule has 5 nitrogen and oxygen atoms in total. The molecule has 20 heavy (non-hydrogen) atoms. The number of hydrogen-bond donors (Lipinski definition) is 1. The van der Waals surface area contributed by atoms with Crippen molar-refractivity contribution in [1.29, 1.82) is 0 Å². The monoisotopic (exact) mass is 286 g/mol. The van der Waals surface area contributed by atoms with Gasteiger partial charge in [-0.1, -0.05) is 23.7 Å². The number of aromatic nitrogens is 3. The molecule has 0 unspecified atom stereocenters. The van der Waals surface area contributed by atoms with Gasteiger partial charge in [-0.3, -0.25) is 0 Å². The van der Waals surface area contributed by atoms with Gasteiger partial charge in [0.15, 0.2) is 5.65 Å². The van der Waals surface area contributed by atoms with Gasteiger partial charge in [0.05, 0.1) is 16.1 Å². The van der Waals surface area contributed by atoms with Crippen LogP contribution in [0.1, 0.15) is 5.69 Å². The molecule has 0 aliphatic rings. The van der Waals surface area contributed by atoms with E-state index in [4.69, 9.17) is 17.3 Å². The highest BCUT2D eigenvalue weighted by molar-refractivity contribution is 6.32. The number of fused-ring (bicyclic) bond motifs is 1. The molecule has 0 spiro atoms. The highest BCUT2D eigenvalue weighted by Gasteiger charge is 2.13. The minimum atomic E-state index is -0.499. The average molecular weight is 287 g/mol. The van der Waals surface area contributed by atoms with E-state index < -0.39 is 5.69 Å². The maximum absolute atomic E-state index is 12.2. The number of hydrogen-bond acceptors (Lipinski definition) is 4. The second-order valence-electron chi connectivity index (χ2n) is 4.39. The van der Waals surface area contributed by atoms with E-state index in [1.807, 2.05) is 13.0 Å². The zero-order valence-electron chi connectivity index (χ0n) is 10.7. The fourth-order valence-electron chi connectivity index (χ4n) is 2.07. The van der Waals surface area contributed by atoms with E-state index in [1.165, 1.54) is 4.57 Å². The minimum Gasteiger partial charge on any atom is -0.383 e. The van der Waals surface area contributed by atoms with Gasteiger partial charge in [-0.2, -0.15) is 4.98 Å². The predicted octanol–water partition coefficient (Wildman–Crippen LogP) is 2.32. The van der Waals surface area contributed by atoms with Crippen molar-refractivity contribution in [2.24, 2.45) is 0 Å². The van der Waals surface area contributed by atoms with Crippen molar-refractivity contribution in [2.45, 2.75) is 6.92 Å². The fourth-order valence-corrected chi connectivity index (χ4v) is 2.29. The standard InChI is InChI=1S/C14H11ClN4O/c1-8-6-7-9-12(16)18-14(20)19(13(9)17-8)11-5-3-2-4-10(11)15/h2-7H,1H3,(H2,16,18,20). The second-order valence-corrected chi connectivity index (χ2v) is 4.80. The molecule has 0 saturated heterocycles. The maximum atomic E-state index is 12.2. The van der Waals surface area contributed by atoms with Crippen molar-refractivity contribution in [1.82, 2.24) is 14.5 Å². The third-order valence-electron chi connectivity index (χ3n) is 3.00. The first kappa shape index (κ1) is 12.6. The lowest BCUT2D eigenvalue weighted by atomic mass is 10.2. The molecule has 0 atom stereocenters. The molecule has 3 aromatic rings. The number of benzene rings is 1. The fraction of sp³-hybridized carbons (Fsp3) is 0.0714. The summed E-state index contributed by atoms with van der Waals surface area (Å²) in [7, 11) is 0. The molecule has 0 saturated carbocycles. The molecule has 100 valence electrons. The first-order valence-corrected chi connectivity index (χ1v) is 6.36. The number of para-hydroxylation sites is 1. The molecule has 0 aliphatic carbocycles. The van der Waals surface area contributed by atoms with E-state index in [1.54, 1.807) is 30.3 Å². The smallest absolute Gasteiger partial charge is 0.355 e. The third kappa shape index (κ3) is 1.92. The van der Waals surface area contributed by atoms with Crippen molar-refractivity contribution in [3.05, 3.63) is 57.6 Å². The van der Waals surface area contributed by atoms with E-state index in [-0.39, 0.29) is 5.82 Å². The number of halogens is 1. The number of rotatable bonds is 1. The summed E-state index contributed by atoms with van der Waals surface area (Å²) in [5, 5.41) is 1.07. The van der Waals surface area contributed by atoms with E-state index >= 15 is 0 Å². The zero-order chi connectivity index (χ0) is 14.3. The summed E-state index contributed by atoms with van der Waals surface area (Å²) >= 11 is 6.16. The molecule has 0 bridgehead atoms. The van der Waals surface area contributed by atoms with Crippen LogP contribution >= 0.6 is 11.6 Å². The van der Waals surface area contributed by atoms with Crippen LogP contribution in [0.15, 0.2) is 41.2 Å². The number of nitrogen functional groups attached to an aromatic ring is 1. The van der Waals surface area contributed by atoms with Crippen molar-refractivity contribution < 1.29 is 0 Å². The number of nitrogens with zero attached hydrogens (tertiary/aromatic N) is 3. The molecule has 0 radical (unpaired) electrons. The molecule has 2 N–H and O–H groups in total. The molecule has 3 rings (SSSR count). The van der Waals surface area contributed by atoms with Gasteiger partial charge in [0.1, 0.15) is 5.82 Å². The minimum absolute atomic E-state index is 0.167. The molecule has 0 amide bonds. The number of nitrogens with two attached hydrogens (primary N) is 1. The van der Waals surface area contributed by atoms with Crippen LogP contribution in [0.4, 0.5) is 5.82 Å². The van der Waals surface area contributed by atoms with Crippen LogP contribution in [0.5, 0.6) is 0 Å². The Labute approximate surface area is 119 Å². The van der Waals surface area contributed by atoms with Gasteiger partial charge in [-0.05, 0) is 31.2 Å². The van der Waals surface area contributed by atoms with Crippen molar-refractivity contribution >= 4 is 28.5 Å². The van der Waals surface area contributed by atoms with Crippen LogP contribution < -0.4 is 11.4 Å². The van der Waals surface area contributed by atoms with Crippen LogP contribution in [0.25, 0.3) is 16.7 Å². The average Bonchev–Trinajstić information content (AvgIpc) is 2.40. The largest absolute Gasteiger partial charge is 0.383 e. The van der Waals surface area contributed by atoms with Gasteiger partial charge in [-0.25, -0.2) is 14.3 Å². The molecule has 2 aromatic heterocycles. The van der Waals surface area contributed by atoms with Crippen molar-refractivity contribution in [3.63, 3.8) is 0 Å². The molecular weight excluding hydrogens is 276 g/mol. The molecule has 0 aliphatic heterocycles. The van der Waals surface area contributed by atoms with Gasteiger partial charge in [0.2, 0.25) is 0 Å². The molecular formula is C14H11ClN4O. The summed E-state index contributed by atoms with van der Waals surface area (Å²) in [5.74, 6) is 0.167. The lowest BCUT2D eigenvalue weighted by Crippen LogP contribution is -2.24. The number of aryl methyl sites for hydroxylation is 1. The summed E-state index contributed by atoms with van der Waals surface area (Å²) in [4.78, 5) is 20.4. The van der Waals surface area contributed by atoms with E-state index in [9.17, 15) is 4.79 Å². The van der Waals surface area contributed by atoms with E-state index in [0.29, 0.717) is 21.7 Å². The highest BCUT2D eigenvalue weighted by Crippen LogP contribution is 2.23. The summed E-state index contributed by atoms with van der Waals surface area (Å²) in [6.45, 7) is 1.84. The zero-order valence-corrected chi connectivity index (χ0v) is 11.4. The Bertz CT molecular complexity index is 873. The Balaban J connectivity index is 2.50. The van der Waals surface area contributed by atoms with Gasteiger partial charge in [0, 0.05) is 5.69 Å². The van der Waals surface area contributed by atoms with Crippen LogP contribution in [0.2, 0.25) is 5.02 Å². The summed E-state index contributed by atoms with van der Waals surface area (Å²) < 4.78 is 1.38. The first-order valence-electron chi connectivity index (χ1n) is 5.99. The first-order chi connectivity index (χ1) is 9.58. The van der Waals surface area contributed by atoms with Crippen LogP contribution in [0, 0.1) is 6.92 Å². The Kier molecular flexibility index (Phi) is 2.91. The van der Waals surface area contributed by atoms with E-state index in [0.717, 1.165) is 5.69 Å². The molecule has 1 aromatic carbocycles. The molecule has 6 heteroatoms. The Hall–Kier alpha value is -2.40. The maximum Gasteiger partial charge on any atom is 0.355 e. The third-order valence-corrected chi connectivity index (χ3v) is 3.32. The second kappa shape index (κ2) is 4.61. The van der Waals surface area contributed by atoms with Crippen LogP contribution in [-0.4, -0.2) is 14.5 Å². The number of anilines is 1. The summed E-state index contributed by atoms with van der Waals surface area (Å²) in [5.41, 5.74) is 7.07. The van der Waals surface area contributed by atoms with Gasteiger partial charge >= 0.3 is 5.69 Å². The van der Waals surface area contributed by atoms with Crippen molar-refractivity contribution in [2.75, 3.05) is 5.73 Å². The summed E-state index contributed by atoms with van der Waals surface area (Å²) in [6, 6.07) is 10.7. The number of pyridine rings is 1. The molecule has 2 heterocycles. The van der Waals surface area contributed by atoms with Crippen LogP contribution in [-0.2, 0) is 0 Å². The quantitative estimate of drug-likeness (QED) is 0.745. The van der Waals surface area contributed by atoms with Crippen molar-refractivity contribution in [3.8, 4) is 5.69 Å². The lowest BCUT2D eigenvalue weighted by molar-refractivity contribution is 0.941. The topological polar surface area (TPSA) is 73.8 Å². The molecule has 0 fully saturated rings. The normalized spacial score (nSPS) is 10.9. The Morgan fingerprint density at radius 3 is 2.65 bits per heavy atom. The van der Waals surface area contributed by atoms with Crippen LogP contribution in [0.3, 0.4) is 0 Å². The Morgan fingerprint density at radius 2 is 1.90 bits per heavy atom. The lowest BCUT2D eigenvalue weighted by Gasteiger charge is -2.11. The summed E-state index contributed by atoms with van der Waals surface area (Å²) in [6.07, 6.45) is 0. The van der Waals surface area contributed by atoms with Gasteiger partial charge in [-0.15, -0.1) is 0 Å². The van der Waals surface area contributed by atoms with Gasteiger partial charge in [0.25, 0.3) is 0 Å². The predicted molar refractivity (Wildman–Crippen MR) is 79.3 cm³/mol. The highest BCUT2D eigenvalue weighted by atomic mass is 35.5. The SMILES string of the molecule is Cc1ccc2c(N)nc(=O)n(-c3ccccc3Cl)c2n1. The van der Waals surface area contributed by atoms with E-state index in [2.05, 4.69) is 9.97 Å². The Morgan fingerprint density at radius 1 is 1.15 bits per heavy atom. The van der Waals surface area contributed by atoms with Gasteiger partial charge < -0.3 is 5.73 Å².